The van der Waals surface area contributed by atoms with Crippen LogP contribution < -0.4 is 5.32 Å². The van der Waals surface area contributed by atoms with Crippen molar-refractivity contribution in [2.75, 3.05) is 6.54 Å². The summed E-state index contributed by atoms with van der Waals surface area (Å²) in [6.45, 7) is 7.98. The van der Waals surface area contributed by atoms with Crippen LogP contribution in [0.5, 0.6) is 0 Å². The molecule has 1 heterocycles. The van der Waals surface area contributed by atoms with Crippen molar-refractivity contribution in [2.45, 2.75) is 52.0 Å². The molecule has 100 valence electrons. The van der Waals surface area contributed by atoms with Crippen LogP contribution >= 0.6 is 0 Å². The van der Waals surface area contributed by atoms with Gasteiger partial charge in [0.2, 0.25) is 0 Å². The van der Waals surface area contributed by atoms with Crippen molar-refractivity contribution in [3.05, 3.63) is 30.1 Å². The van der Waals surface area contributed by atoms with Gasteiger partial charge in [0, 0.05) is 23.9 Å². The van der Waals surface area contributed by atoms with Crippen LogP contribution in [-0.2, 0) is 0 Å². The Morgan fingerprint density at radius 2 is 2.22 bits per heavy atom. The number of pyridine rings is 1. The van der Waals surface area contributed by atoms with Crippen molar-refractivity contribution in [1.82, 2.24) is 10.3 Å². The van der Waals surface area contributed by atoms with Gasteiger partial charge >= 0.3 is 0 Å². The lowest BCUT2D eigenvalue weighted by Gasteiger charge is -2.32. The number of nitrogens with one attached hydrogen (secondary N) is 1. The molecule has 4 atom stereocenters. The highest BCUT2D eigenvalue weighted by atomic mass is 14.9. The number of hydrogen-bond acceptors (Lipinski definition) is 2. The minimum absolute atomic E-state index is 0.497. The summed E-state index contributed by atoms with van der Waals surface area (Å²) >= 11 is 0. The minimum atomic E-state index is 0.497. The topological polar surface area (TPSA) is 24.9 Å². The first-order valence-electron chi connectivity index (χ1n) is 7.38. The van der Waals surface area contributed by atoms with Gasteiger partial charge in [-0.25, -0.2) is 0 Å². The third-order valence-electron chi connectivity index (χ3n) is 4.52. The summed E-state index contributed by atoms with van der Waals surface area (Å²) in [4.78, 5) is 4.54. The Morgan fingerprint density at radius 1 is 1.39 bits per heavy atom. The van der Waals surface area contributed by atoms with Crippen LogP contribution in [0.4, 0.5) is 0 Å². The molecule has 2 nitrogen and oxygen atoms in total. The van der Waals surface area contributed by atoms with E-state index in [4.69, 9.17) is 0 Å². The molecule has 1 aliphatic rings. The maximum Gasteiger partial charge on any atom is 0.0447 e. The Morgan fingerprint density at radius 3 is 2.78 bits per heavy atom. The van der Waals surface area contributed by atoms with Crippen LogP contribution in [-0.4, -0.2) is 17.6 Å². The van der Waals surface area contributed by atoms with E-state index in [2.05, 4.69) is 43.2 Å². The second-order valence-electron chi connectivity index (χ2n) is 5.70. The summed E-state index contributed by atoms with van der Waals surface area (Å²) in [6.07, 6.45) is 6.06. The highest BCUT2D eigenvalue weighted by Crippen LogP contribution is 2.38. The van der Waals surface area contributed by atoms with Gasteiger partial charge in [0.05, 0.1) is 0 Å². The number of hydrogen-bond donors (Lipinski definition) is 1. The smallest absolute Gasteiger partial charge is 0.0447 e. The third kappa shape index (κ3) is 2.92. The molecule has 1 fully saturated rings. The van der Waals surface area contributed by atoms with E-state index in [1.165, 1.54) is 25.0 Å². The van der Waals surface area contributed by atoms with Crippen LogP contribution in [0, 0.1) is 11.8 Å². The molecule has 1 aromatic rings. The molecule has 0 saturated heterocycles. The zero-order chi connectivity index (χ0) is 13.0. The molecule has 18 heavy (non-hydrogen) atoms. The standard InChI is InChI=1S/C16H26N2/c1-4-17-16(14-9-7-8-12(14)2)13(3)15-10-5-6-11-18-15/h5-6,10-14,16-17H,4,7-9H2,1-3H3. The fourth-order valence-corrected chi connectivity index (χ4v) is 3.47. The van der Waals surface area contributed by atoms with Gasteiger partial charge in [-0.2, -0.15) is 0 Å². The van der Waals surface area contributed by atoms with Gasteiger partial charge in [-0.15, -0.1) is 0 Å². The monoisotopic (exact) mass is 246 g/mol. The van der Waals surface area contributed by atoms with Gasteiger partial charge in [0.1, 0.15) is 0 Å². The van der Waals surface area contributed by atoms with Crippen LogP contribution in [0.1, 0.15) is 51.6 Å². The first-order chi connectivity index (χ1) is 8.74. The SMILES string of the molecule is CCNC(C(C)c1ccccn1)C1CCCC1C. The molecular weight excluding hydrogens is 220 g/mol. The maximum absolute atomic E-state index is 4.54. The number of likely N-dealkylation sites (N-methyl/N-ethyl adjacent to an activating group) is 1. The summed E-state index contributed by atoms with van der Waals surface area (Å²) in [6, 6.07) is 6.83. The Hall–Kier alpha value is -0.890. The normalized spacial score (nSPS) is 27.1. The van der Waals surface area contributed by atoms with Crippen molar-refractivity contribution in [2.24, 2.45) is 11.8 Å². The first kappa shape index (κ1) is 13.5. The van der Waals surface area contributed by atoms with E-state index < -0.39 is 0 Å². The van der Waals surface area contributed by atoms with E-state index in [0.717, 1.165) is 18.4 Å². The Balaban J connectivity index is 2.14. The zero-order valence-corrected chi connectivity index (χ0v) is 11.9. The Kier molecular flexibility index (Phi) is 4.76. The van der Waals surface area contributed by atoms with E-state index in [-0.39, 0.29) is 0 Å². The van der Waals surface area contributed by atoms with Crippen molar-refractivity contribution < 1.29 is 0 Å². The van der Waals surface area contributed by atoms with Crippen LogP contribution in [0.25, 0.3) is 0 Å². The van der Waals surface area contributed by atoms with Gasteiger partial charge in [0.15, 0.2) is 0 Å². The molecular formula is C16H26N2. The van der Waals surface area contributed by atoms with Gasteiger partial charge in [0.25, 0.3) is 0 Å². The Labute approximate surface area is 111 Å². The highest BCUT2D eigenvalue weighted by Gasteiger charge is 2.34. The minimum Gasteiger partial charge on any atom is -0.313 e. The summed E-state index contributed by atoms with van der Waals surface area (Å²) in [5, 5.41) is 3.71. The molecule has 1 aliphatic carbocycles. The molecule has 1 saturated carbocycles. The largest absolute Gasteiger partial charge is 0.313 e. The molecule has 0 spiro atoms. The van der Waals surface area contributed by atoms with Crippen molar-refractivity contribution in [3.8, 4) is 0 Å². The van der Waals surface area contributed by atoms with E-state index in [0.29, 0.717) is 12.0 Å². The summed E-state index contributed by atoms with van der Waals surface area (Å²) in [5.41, 5.74) is 1.22. The highest BCUT2D eigenvalue weighted by molar-refractivity contribution is 5.12. The summed E-state index contributed by atoms with van der Waals surface area (Å²) < 4.78 is 0. The molecule has 2 heteroatoms. The van der Waals surface area contributed by atoms with Gasteiger partial charge < -0.3 is 5.32 Å². The number of nitrogens with zero attached hydrogens (tertiary/aromatic N) is 1. The van der Waals surface area contributed by atoms with Crippen molar-refractivity contribution >= 4 is 0 Å². The molecule has 0 radical (unpaired) electrons. The average Bonchev–Trinajstić information content (AvgIpc) is 2.82. The van der Waals surface area contributed by atoms with Gasteiger partial charge in [-0.3, -0.25) is 4.98 Å². The fraction of sp³-hybridized carbons (Fsp3) is 0.688. The van der Waals surface area contributed by atoms with Crippen LogP contribution in [0.15, 0.2) is 24.4 Å². The second-order valence-corrected chi connectivity index (χ2v) is 5.70. The van der Waals surface area contributed by atoms with E-state index in [1.54, 1.807) is 0 Å². The quantitative estimate of drug-likeness (QED) is 0.858. The average molecular weight is 246 g/mol. The maximum atomic E-state index is 4.54. The lowest BCUT2D eigenvalue weighted by Crippen LogP contribution is -2.41. The zero-order valence-electron chi connectivity index (χ0n) is 11.9. The molecule has 4 unspecified atom stereocenters. The summed E-state index contributed by atoms with van der Waals surface area (Å²) in [7, 11) is 0. The molecule has 1 N–H and O–H groups in total. The molecule has 2 rings (SSSR count). The lowest BCUT2D eigenvalue weighted by atomic mass is 9.81. The molecule has 0 aliphatic heterocycles. The van der Waals surface area contributed by atoms with Crippen molar-refractivity contribution in [3.63, 3.8) is 0 Å². The van der Waals surface area contributed by atoms with Gasteiger partial charge in [-0.05, 0) is 36.9 Å². The molecule has 1 aromatic heterocycles. The van der Waals surface area contributed by atoms with Gasteiger partial charge in [-0.1, -0.05) is 39.7 Å². The summed E-state index contributed by atoms with van der Waals surface area (Å²) in [5.74, 6) is 2.15. The first-order valence-corrected chi connectivity index (χ1v) is 7.38. The van der Waals surface area contributed by atoms with E-state index >= 15 is 0 Å². The number of aromatic nitrogens is 1. The molecule has 0 bridgehead atoms. The van der Waals surface area contributed by atoms with Crippen LogP contribution in [0.2, 0.25) is 0 Å². The lowest BCUT2D eigenvalue weighted by molar-refractivity contribution is 0.269. The number of rotatable bonds is 5. The Bertz CT molecular complexity index is 349. The van der Waals surface area contributed by atoms with E-state index in [1.807, 2.05) is 12.3 Å². The second kappa shape index (κ2) is 6.33. The van der Waals surface area contributed by atoms with Crippen LogP contribution in [0.3, 0.4) is 0 Å². The molecule has 0 amide bonds. The predicted octanol–water partition coefficient (Wildman–Crippen LogP) is 3.60. The fourth-order valence-electron chi connectivity index (χ4n) is 3.47. The third-order valence-corrected chi connectivity index (χ3v) is 4.52. The molecule has 0 aromatic carbocycles. The predicted molar refractivity (Wildman–Crippen MR) is 76.6 cm³/mol. The van der Waals surface area contributed by atoms with E-state index in [9.17, 15) is 0 Å². The van der Waals surface area contributed by atoms with Crippen molar-refractivity contribution in [1.29, 1.82) is 0 Å².